The summed E-state index contributed by atoms with van der Waals surface area (Å²) < 4.78 is 1.86. The molecule has 0 bridgehead atoms. The molecule has 1 aromatic carbocycles. The summed E-state index contributed by atoms with van der Waals surface area (Å²) in [4.78, 5) is 13.5. The smallest absolute Gasteiger partial charge is 0.245 e. The first-order chi connectivity index (χ1) is 11.2. The molecule has 1 fully saturated rings. The second-order valence-electron chi connectivity index (χ2n) is 5.97. The van der Waals surface area contributed by atoms with E-state index in [9.17, 15) is 4.79 Å². The Kier molecular flexibility index (Phi) is 5.05. The lowest BCUT2D eigenvalue weighted by molar-refractivity contribution is -0.123. The summed E-state index contributed by atoms with van der Waals surface area (Å²) in [6.45, 7) is 3.11. The Morgan fingerprint density at radius 3 is 3.09 bits per heavy atom. The number of hydrogen-bond donors (Lipinski definition) is 2. The molecular formula is C17H22N4O2. The van der Waals surface area contributed by atoms with Crippen molar-refractivity contribution >= 4 is 5.91 Å². The van der Waals surface area contributed by atoms with E-state index in [2.05, 4.69) is 33.5 Å². The van der Waals surface area contributed by atoms with Crippen LogP contribution in [0.4, 0.5) is 0 Å². The number of aliphatic hydroxyl groups excluding tert-OH is 1. The average molecular weight is 314 g/mol. The Hall–Kier alpha value is -2.18. The lowest BCUT2D eigenvalue weighted by Crippen LogP contribution is -2.32. The zero-order valence-corrected chi connectivity index (χ0v) is 13.1. The summed E-state index contributed by atoms with van der Waals surface area (Å²) >= 11 is 0. The van der Waals surface area contributed by atoms with Crippen molar-refractivity contribution in [2.24, 2.45) is 5.92 Å². The number of rotatable bonds is 6. The number of aliphatic hydroxyl groups is 1. The van der Waals surface area contributed by atoms with Crippen molar-refractivity contribution in [3.05, 3.63) is 48.3 Å². The number of benzene rings is 1. The van der Waals surface area contributed by atoms with Gasteiger partial charge in [-0.15, -0.1) is 0 Å². The van der Waals surface area contributed by atoms with Crippen LogP contribution >= 0.6 is 0 Å². The van der Waals surface area contributed by atoms with Crippen molar-refractivity contribution in [3.8, 4) is 5.69 Å². The number of carbonyl (C=O) groups excluding carboxylic acids is 1. The topological polar surface area (TPSA) is 70.4 Å². The van der Waals surface area contributed by atoms with Crippen molar-refractivity contribution in [2.75, 3.05) is 26.2 Å². The molecule has 1 amide bonds. The molecule has 2 heterocycles. The molecule has 1 atom stereocenters. The predicted octanol–water partition coefficient (Wildman–Crippen LogP) is 0.803. The molecule has 3 rings (SSSR count). The van der Waals surface area contributed by atoms with Gasteiger partial charge in [-0.2, -0.15) is 5.10 Å². The van der Waals surface area contributed by atoms with E-state index < -0.39 is 6.61 Å². The molecule has 0 aliphatic carbocycles. The molecule has 0 radical (unpaired) electrons. The van der Waals surface area contributed by atoms with Crippen molar-refractivity contribution in [1.82, 2.24) is 20.0 Å². The average Bonchev–Trinajstić information content (AvgIpc) is 3.24. The van der Waals surface area contributed by atoms with E-state index in [0.29, 0.717) is 12.5 Å². The molecule has 0 spiro atoms. The zero-order chi connectivity index (χ0) is 16.1. The van der Waals surface area contributed by atoms with E-state index in [4.69, 9.17) is 5.11 Å². The fraction of sp³-hybridized carbons (Fsp3) is 0.412. The molecule has 1 aliphatic heterocycles. The van der Waals surface area contributed by atoms with Gasteiger partial charge in [0.05, 0.1) is 5.69 Å². The molecule has 2 N–H and O–H groups in total. The summed E-state index contributed by atoms with van der Waals surface area (Å²) in [5.41, 5.74) is 2.33. The van der Waals surface area contributed by atoms with E-state index in [-0.39, 0.29) is 5.91 Å². The highest BCUT2D eigenvalue weighted by Crippen LogP contribution is 2.19. The highest BCUT2D eigenvalue weighted by atomic mass is 16.3. The van der Waals surface area contributed by atoms with Crippen LogP contribution in [0.1, 0.15) is 12.0 Å². The van der Waals surface area contributed by atoms with Gasteiger partial charge in [-0.3, -0.25) is 9.69 Å². The lowest BCUT2D eigenvalue weighted by atomic mass is 10.1. The van der Waals surface area contributed by atoms with Gasteiger partial charge < -0.3 is 10.4 Å². The third kappa shape index (κ3) is 4.18. The molecule has 2 aromatic rings. The summed E-state index contributed by atoms with van der Waals surface area (Å²) in [5, 5.41) is 15.8. The summed E-state index contributed by atoms with van der Waals surface area (Å²) in [6, 6.07) is 10.3. The summed E-state index contributed by atoms with van der Waals surface area (Å²) in [7, 11) is 0. The minimum atomic E-state index is -0.434. The SMILES string of the molecule is O=C(CO)NC[C@@H]1CCN(Cc2cccc(-n3cccn3)c2)C1. The molecule has 1 aromatic heterocycles. The predicted molar refractivity (Wildman–Crippen MR) is 87.0 cm³/mol. The number of likely N-dealkylation sites (tertiary alicyclic amines) is 1. The number of nitrogens with zero attached hydrogens (tertiary/aromatic N) is 3. The molecule has 0 unspecified atom stereocenters. The molecule has 6 nitrogen and oxygen atoms in total. The summed E-state index contributed by atoms with van der Waals surface area (Å²) in [6.07, 6.45) is 4.79. The normalized spacial score (nSPS) is 18.2. The molecule has 1 saturated heterocycles. The van der Waals surface area contributed by atoms with Crippen LogP contribution in [0.3, 0.4) is 0 Å². The van der Waals surface area contributed by atoms with Gasteiger partial charge >= 0.3 is 0 Å². The maximum atomic E-state index is 11.1. The van der Waals surface area contributed by atoms with E-state index in [1.165, 1.54) is 5.56 Å². The van der Waals surface area contributed by atoms with Gasteiger partial charge in [0.1, 0.15) is 6.61 Å². The van der Waals surface area contributed by atoms with Crippen LogP contribution in [0.2, 0.25) is 0 Å². The van der Waals surface area contributed by atoms with Crippen molar-refractivity contribution in [2.45, 2.75) is 13.0 Å². The molecule has 0 saturated carbocycles. The van der Waals surface area contributed by atoms with Crippen LogP contribution in [0.25, 0.3) is 5.69 Å². The Bertz CT molecular complexity index is 642. The number of hydrogen-bond acceptors (Lipinski definition) is 4. The van der Waals surface area contributed by atoms with Crippen molar-refractivity contribution in [3.63, 3.8) is 0 Å². The Morgan fingerprint density at radius 2 is 2.30 bits per heavy atom. The molecule has 122 valence electrons. The number of amides is 1. The van der Waals surface area contributed by atoms with E-state index in [1.54, 1.807) is 6.20 Å². The van der Waals surface area contributed by atoms with Crippen LogP contribution < -0.4 is 5.32 Å². The van der Waals surface area contributed by atoms with Gasteiger partial charge in [-0.25, -0.2) is 4.68 Å². The second-order valence-corrected chi connectivity index (χ2v) is 5.97. The molecule has 6 heteroatoms. The van der Waals surface area contributed by atoms with Crippen LogP contribution in [0.5, 0.6) is 0 Å². The summed E-state index contributed by atoms with van der Waals surface area (Å²) in [5.74, 6) is 0.162. The first-order valence-corrected chi connectivity index (χ1v) is 7.93. The lowest BCUT2D eigenvalue weighted by Gasteiger charge is -2.17. The van der Waals surface area contributed by atoms with Crippen LogP contribution in [-0.2, 0) is 11.3 Å². The highest BCUT2D eigenvalue weighted by molar-refractivity contribution is 5.76. The van der Waals surface area contributed by atoms with Gasteiger partial charge in [0.15, 0.2) is 0 Å². The van der Waals surface area contributed by atoms with Crippen LogP contribution in [-0.4, -0.2) is 51.9 Å². The molecular weight excluding hydrogens is 292 g/mol. The van der Waals surface area contributed by atoms with Gasteiger partial charge in [0.25, 0.3) is 0 Å². The first kappa shape index (κ1) is 15.7. The number of nitrogens with one attached hydrogen (secondary N) is 1. The van der Waals surface area contributed by atoms with E-state index >= 15 is 0 Å². The van der Waals surface area contributed by atoms with Crippen LogP contribution in [0, 0.1) is 5.92 Å². The maximum absolute atomic E-state index is 11.1. The standard InChI is InChI=1S/C17H22N4O2/c22-13-17(23)18-10-15-5-8-20(12-15)11-14-3-1-4-16(9-14)21-7-2-6-19-21/h1-4,6-7,9,15,22H,5,8,10-13H2,(H,18,23)/t15-/m0/s1. The minimum absolute atomic E-state index is 0.296. The van der Waals surface area contributed by atoms with Crippen molar-refractivity contribution < 1.29 is 9.90 Å². The molecule has 23 heavy (non-hydrogen) atoms. The van der Waals surface area contributed by atoms with Crippen molar-refractivity contribution in [1.29, 1.82) is 0 Å². The fourth-order valence-electron chi connectivity index (χ4n) is 3.01. The fourth-order valence-corrected chi connectivity index (χ4v) is 3.01. The Morgan fingerprint density at radius 1 is 1.39 bits per heavy atom. The zero-order valence-electron chi connectivity index (χ0n) is 13.1. The Labute approximate surface area is 135 Å². The highest BCUT2D eigenvalue weighted by Gasteiger charge is 2.22. The molecule has 1 aliphatic rings. The number of aromatic nitrogens is 2. The third-order valence-corrected chi connectivity index (χ3v) is 4.19. The first-order valence-electron chi connectivity index (χ1n) is 7.93. The van der Waals surface area contributed by atoms with Gasteiger partial charge in [0, 0.05) is 32.0 Å². The quantitative estimate of drug-likeness (QED) is 0.827. The van der Waals surface area contributed by atoms with Crippen LogP contribution in [0.15, 0.2) is 42.7 Å². The van der Waals surface area contributed by atoms with Gasteiger partial charge in [-0.1, -0.05) is 12.1 Å². The maximum Gasteiger partial charge on any atom is 0.245 e. The van der Waals surface area contributed by atoms with E-state index in [1.807, 2.05) is 23.0 Å². The van der Waals surface area contributed by atoms with E-state index in [0.717, 1.165) is 31.7 Å². The number of carbonyl (C=O) groups is 1. The minimum Gasteiger partial charge on any atom is -0.387 e. The second kappa shape index (κ2) is 7.39. The van der Waals surface area contributed by atoms with Gasteiger partial charge in [0.2, 0.25) is 5.91 Å². The monoisotopic (exact) mass is 314 g/mol. The third-order valence-electron chi connectivity index (χ3n) is 4.19. The van der Waals surface area contributed by atoms with Gasteiger partial charge in [-0.05, 0) is 42.6 Å². The Balaban J connectivity index is 1.54. The largest absolute Gasteiger partial charge is 0.387 e.